The lowest BCUT2D eigenvalue weighted by molar-refractivity contribution is -0.144. The second-order valence-corrected chi connectivity index (χ2v) is 8.46. The molecule has 1 amide bonds. The zero-order chi connectivity index (χ0) is 24.9. The second-order valence-electron chi connectivity index (χ2n) is 7.79. The molecule has 0 radical (unpaired) electrons. The lowest BCUT2D eigenvalue weighted by Crippen LogP contribution is -2.53. The van der Waals surface area contributed by atoms with Gasteiger partial charge in [0.05, 0.1) is 6.54 Å². The van der Waals surface area contributed by atoms with Gasteiger partial charge in [-0.2, -0.15) is 0 Å². The number of anilines is 1. The number of hydrogen-bond acceptors (Lipinski definition) is 7. The number of nitrogens with zero attached hydrogens (tertiary/aromatic N) is 1. The third kappa shape index (κ3) is 5.90. The minimum Gasteiger partial charge on any atom is -0.760 e. The number of carboxylic acid groups (broad SMARTS) is 1. The van der Waals surface area contributed by atoms with Crippen LogP contribution in [0.25, 0.3) is 0 Å². The van der Waals surface area contributed by atoms with Crippen LogP contribution in [0.3, 0.4) is 0 Å². The van der Waals surface area contributed by atoms with Crippen molar-refractivity contribution in [3.05, 3.63) is 59.7 Å². The number of hydrogen-bond donors (Lipinski definition) is 4. The number of cyclic esters (lactones) is 1. The average molecular weight is 490 g/mol. The molecular formula is C22H25N4O7S-. The fourth-order valence-electron chi connectivity index (χ4n) is 3.54. The van der Waals surface area contributed by atoms with Gasteiger partial charge < -0.3 is 24.9 Å². The van der Waals surface area contributed by atoms with Gasteiger partial charge in [-0.05, 0) is 48.4 Å². The number of nitrogen functional groups attached to an aromatic ring is 1. The quantitative estimate of drug-likeness (QED) is 0.208. The highest BCUT2D eigenvalue weighted by molar-refractivity contribution is 7.77. The van der Waals surface area contributed by atoms with E-state index in [2.05, 4.69) is 4.72 Å². The van der Waals surface area contributed by atoms with E-state index in [-0.39, 0.29) is 31.8 Å². The number of amidine groups is 1. The average Bonchev–Trinajstić information content (AvgIpc) is 3.18. The van der Waals surface area contributed by atoms with Gasteiger partial charge in [-0.1, -0.05) is 19.1 Å². The Kier molecular flexibility index (Phi) is 7.87. The highest BCUT2D eigenvalue weighted by atomic mass is 32.2. The summed E-state index contributed by atoms with van der Waals surface area (Å²) >= 11 is -2.73. The van der Waals surface area contributed by atoms with Crippen LogP contribution in [0, 0.1) is 5.41 Å². The summed E-state index contributed by atoms with van der Waals surface area (Å²) in [5.41, 5.74) is 5.59. The number of benzene rings is 2. The molecule has 11 nitrogen and oxygen atoms in total. The van der Waals surface area contributed by atoms with E-state index in [0.29, 0.717) is 22.6 Å². The van der Waals surface area contributed by atoms with Crippen LogP contribution in [0.2, 0.25) is 0 Å². The molecule has 1 fully saturated rings. The first-order valence-electron chi connectivity index (χ1n) is 10.4. The van der Waals surface area contributed by atoms with Crippen LogP contribution >= 0.6 is 0 Å². The molecule has 2 aromatic rings. The molecule has 0 saturated carbocycles. The Morgan fingerprint density at radius 1 is 1.32 bits per heavy atom. The zero-order valence-electron chi connectivity index (χ0n) is 18.4. The molecule has 1 aliphatic rings. The molecule has 0 aromatic heterocycles. The number of carbonyl (C=O) groups excluding carboxylic acids is 1. The van der Waals surface area contributed by atoms with Crippen LogP contribution in [0.4, 0.5) is 10.5 Å². The molecule has 1 heterocycles. The maximum Gasteiger partial charge on any atom is 0.414 e. The normalized spacial score (nSPS) is 18.1. The smallest absolute Gasteiger partial charge is 0.414 e. The number of aliphatic carboxylic acids is 1. The Balaban J connectivity index is 1.58. The Morgan fingerprint density at radius 3 is 2.50 bits per heavy atom. The van der Waals surface area contributed by atoms with Gasteiger partial charge in [0.15, 0.2) is 6.10 Å². The number of ether oxygens (including phenoxy) is 2. The molecule has 2 aromatic carbocycles. The number of nitrogens with two attached hydrogens (primary N) is 1. The summed E-state index contributed by atoms with van der Waals surface area (Å²) in [5, 5.41) is 17.0. The summed E-state index contributed by atoms with van der Waals surface area (Å²) < 4.78 is 35.3. The molecule has 12 heteroatoms. The Labute approximate surface area is 198 Å². The van der Waals surface area contributed by atoms with Crippen molar-refractivity contribution in [2.24, 2.45) is 5.73 Å². The van der Waals surface area contributed by atoms with E-state index in [9.17, 15) is 23.5 Å². The standard InChI is InChI=1S/C22H26N4O7S/c1-2-22(20(27)28,25-34(30)31)11-14-3-9-17(10-4-14)32-13-18-12-26(21(29)33-18)16-7-5-15(6-8-16)19(23)24/h3-10,18,25H,2,11-13H2,1H3,(H3,23,24)(H,27,28)(H,30,31)/p-1. The van der Waals surface area contributed by atoms with Crippen LogP contribution in [-0.2, 0) is 27.2 Å². The maximum absolute atomic E-state index is 12.2. The predicted octanol–water partition coefficient (Wildman–Crippen LogP) is 1.53. The summed E-state index contributed by atoms with van der Waals surface area (Å²) in [6.07, 6.45) is -0.983. The van der Waals surface area contributed by atoms with Gasteiger partial charge in [0.2, 0.25) is 0 Å². The molecule has 0 aliphatic carbocycles. The fourth-order valence-corrected chi connectivity index (χ4v) is 4.17. The second kappa shape index (κ2) is 10.6. The lowest BCUT2D eigenvalue weighted by atomic mass is 9.89. The minimum absolute atomic E-state index is 0.0370. The van der Waals surface area contributed by atoms with Crippen LogP contribution < -0.4 is 20.1 Å². The number of nitrogens with one attached hydrogen (secondary N) is 2. The van der Waals surface area contributed by atoms with E-state index in [1.807, 2.05) is 0 Å². The molecule has 3 atom stereocenters. The third-order valence-electron chi connectivity index (χ3n) is 5.52. The molecule has 5 N–H and O–H groups in total. The third-order valence-corrected chi connectivity index (χ3v) is 6.08. The molecule has 182 valence electrons. The van der Waals surface area contributed by atoms with Crippen LogP contribution in [-0.4, -0.2) is 56.6 Å². The zero-order valence-corrected chi connectivity index (χ0v) is 19.2. The van der Waals surface area contributed by atoms with Gasteiger partial charge in [-0.15, -0.1) is 0 Å². The number of rotatable bonds is 11. The van der Waals surface area contributed by atoms with Crippen molar-refractivity contribution in [2.75, 3.05) is 18.1 Å². The number of carbonyl (C=O) groups is 2. The van der Waals surface area contributed by atoms with Crippen molar-refractivity contribution in [1.29, 1.82) is 5.41 Å². The van der Waals surface area contributed by atoms with E-state index in [0.717, 1.165) is 0 Å². The highest BCUT2D eigenvalue weighted by Gasteiger charge is 2.37. The van der Waals surface area contributed by atoms with Crippen molar-refractivity contribution >= 4 is 34.9 Å². The van der Waals surface area contributed by atoms with E-state index >= 15 is 0 Å². The first-order chi connectivity index (χ1) is 16.1. The van der Waals surface area contributed by atoms with E-state index in [4.69, 9.17) is 20.6 Å². The summed E-state index contributed by atoms with van der Waals surface area (Å²) in [4.78, 5) is 25.4. The molecule has 1 saturated heterocycles. The molecule has 3 unspecified atom stereocenters. The molecule has 34 heavy (non-hydrogen) atoms. The van der Waals surface area contributed by atoms with Gasteiger partial charge in [0.25, 0.3) is 0 Å². The molecule has 0 bridgehead atoms. The summed E-state index contributed by atoms with van der Waals surface area (Å²) in [6.45, 7) is 1.99. The van der Waals surface area contributed by atoms with Gasteiger partial charge in [-0.3, -0.25) is 19.3 Å². The van der Waals surface area contributed by atoms with E-state index in [1.54, 1.807) is 55.5 Å². The molecule has 3 rings (SSSR count). The van der Waals surface area contributed by atoms with Crippen molar-refractivity contribution < 1.29 is 32.9 Å². The van der Waals surface area contributed by atoms with Crippen molar-refractivity contribution in [1.82, 2.24) is 4.72 Å². The Hall–Kier alpha value is -3.48. The summed E-state index contributed by atoms with van der Waals surface area (Å²) in [5.74, 6) is -0.835. The van der Waals surface area contributed by atoms with Gasteiger partial charge in [0, 0.05) is 28.9 Å². The van der Waals surface area contributed by atoms with E-state index in [1.165, 1.54) is 4.90 Å². The Morgan fingerprint density at radius 2 is 1.97 bits per heavy atom. The van der Waals surface area contributed by atoms with Crippen molar-refractivity contribution in [3.63, 3.8) is 0 Å². The molecular weight excluding hydrogens is 464 g/mol. The van der Waals surface area contributed by atoms with Crippen molar-refractivity contribution in [2.45, 2.75) is 31.4 Å². The number of carboxylic acids is 1. The summed E-state index contributed by atoms with van der Waals surface area (Å²) in [7, 11) is 0. The number of amides is 1. The minimum atomic E-state index is -2.73. The largest absolute Gasteiger partial charge is 0.760 e. The Bertz CT molecular complexity index is 1080. The monoisotopic (exact) mass is 489 g/mol. The predicted molar refractivity (Wildman–Crippen MR) is 123 cm³/mol. The highest BCUT2D eigenvalue weighted by Crippen LogP contribution is 2.24. The van der Waals surface area contributed by atoms with E-state index < -0.39 is 35.0 Å². The molecule has 1 aliphatic heterocycles. The van der Waals surface area contributed by atoms with Crippen LogP contribution in [0.5, 0.6) is 5.75 Å². The first kappa shape index (κ1) is 25.1. The maximum atomic E-state index is 12.2. The van der Waals surface area contributed by atoms with Gasteiger partial charge in [0.1, 0.15) is 23.7 Å². The SMILES string of the molecule is CCC(Cc1ccc(OCC2CN(c3ccc(C(=N)N)cc3)C(=O)O2)cc1)(NS(=O)[O-])C(=O)O. The fraction of sp³-hybridized carbons (Fsp3) is 0.318. The topological polar surface area (TPSA) is 178 Å². The summed E-state index contributed by atoms with van der Waals surface area (Å²) in [6, 6.07) is 13.3. The lowest BCUT2D eigenvalue weighted by Gasteiger charge is -2.30. The van der Waals surface area contributed by atoms with Gasteiger partial charge in [-0.25, -0.2) is 9.52 Å². The first-order valence-corrected chi connectivity index (χ1v) is 11.5. The van der Waals surface area contributed by atoms with Crippen LogP contribution in [0.15, 0.2) is 48.5 Å². The van der Waals surface area contributed by atoms with Gasteiger partial charge >= 0.3 is 12.1 Å². The van der Waals surface area contributed by atoms with Crippen molar-refractivity contribution in [3.8, 4) is 5.75 Å². The van der Waals surface area contributed by atoms with Crippen LogP contribution in [0.1, 0.15) is 24.5 Å². The molecule has 0 spiro atoms.